The maximum atomic E-state index is 13.5. The van der Waals surface area contributed by atoms with Crippen molar-refractivity contribution in [1.82, 2.24) is 4.31 Å². The lowest BCUT2D eigenvalue weighted by Gasteiger charge is -2.29. The smallest absolute Gasteiger partial charge is 0.244 e. The third-order valence-corrected chi connectivity index (χ3v) is 6.31. The largest absolute Gasteiger partial charge is 0.368 e. The topological polar surface area (TPSA) is 80.5 Å². The Labute approximate surface area is 165 Å². The second kappa shape index (κ2) is 8.37. The number of nitrogens with two attached hydrogens (primary N) is 1. The highest BCUT2D eigenvalue weighted by atomic mass is 32.2. The number of hydrogen-bond donors (Lipinski definition) is 1. The predicted molar refractivity (Wildman–Crippen MR) is 109 cm³/mol. The first-order valence-electron chi connectivity index (χ1n) is 8.86. The molecule has 3 rings (SSSR count). The molecule has 5 nitrogen and oxygen atoms in total. The van der Waals surface area contributed by atoms with E-state index in [0.717, 1.165) is 11.1 Å². The zero-order valence-electron chi connectivity index (χ0n) is 15.5. The highest BCUT2D eigenvalue weighted by Crippen LogP contribution is 2.30. The van der Waals surface area contributed by atoms with Crippen molar-refractivity contribution >= 4 is 15.9 Å². The Morgan fingerprint density at radius 2 is 1.43 bits per heavy atom. The van der Waals surface area contributed by atoms with Gasteiger partial charge in [-0.15, -0.1) is 0 Å². The summed E-state index contributed by atoms with van der Waals surface area (Å²) in [7, 11) is -3.98. The SMILES string of the molecule is Cc1ccc(S(=O)(=O)N(Cc2ccccc2)[C@@H](C(N)=O)c2ccccc2)cc1. The van der Waals surface area contributed by atoms with Crippen LogP contribution < -0.4 is 5.73 Å². The van der Waals surface area contributed by atoms with Crippen molar-refractivity contribution in [2.24, 2.45) is 5.73 Å². The molecule has 0 radical (unpaired) electrons. The van der Waals surface area contributed by atoms with E-state index in [1.807, 2.05) is 37.3 Å². The van der Waals surface area contributed by atoms with Gasteiger partial charge in [-0.1, -0.05) is 78.4 Å². The van der Waals surface area contributed by atoms with Crippen molar-refractivity contribution in [2.75, 3.05) is 0 Å². The number of benzene rings is 3. The minimum absolute atomic E-state index is 0.0273. The fourth-order valence-corrected chi connectivity index (χ4v) is 4.60. The van der Waals surface area contributed by atoms with Crippen LogP contribution in [-0.4, -0.2) is 18.6 Å². The minimum atomic E-state index is -3.98. The second-order valence-electron chi connectivity index (χ2n) is 6.56. The van der Waals surface area contributed by atoms with E-state index in [1.165, 1.54) is 4.31 Å². The average Bonchev–Trinajstić information content (AvgIpc) is 2.69. The molecular weight excluding hydrogens is 372 g/mol. The summed E-state index contributed by atoms with van der Waals surface area (Å²) in [6.45, 7) is 1.91. The number of sulfonamides is 1. The Balaban J connectivity index is 2.13. The minimum Gasteiger partial charge on any atom is -0.368 e. The summed E-state index contributed by atoms with van der Waals surface area (Å²) >= 11 is 0. The highest BCUT2D eigenvalue weighted by molar-refractivity contribution is 7.89. The van der Waals surface area contributed by atoms with E-state index in [4.69, 9.17) is 5.73 Å². The number of primary amides is 1. The van der Waals surface area contributed by atoms with Gasteiger partial charge in [0, 0.05) is 6.54 Å². The van der Waals surface area contributed by atoms with Crippen molar-refractivity contribution in [1.29, 1.82) is 0 Å². The van der Waals surface area contributed by atoms with Gasteiger partial charge in [0.1, 0.15) is 6.04 Å². The first-order valence-corrected chi connectivity index (χ1v) is 10.3. The van der Waals surface area contributed by atoms with Gasteiger partial charge in [0.15, 0.2) is 0 Å². The molecule has 0 bridgehead atoms. The number of amides is 1. The van der Waals surface area contributed by atoms with Crippen LogP contribution in [0.25, 0.3) is 0 Å². The van der Waals surface area contributed by atoms with Gasteiger partial charge >= 0.3 is 0 Å². The van der Waals surface area contributed by atoms with E-state index in [2.05, 4.69) is 0 Å². The third-order valence-electron chi connectivity index (χ3n) is 4.48. The number of hydrogen-bond acceptors (Lipinski definition) is 3. The van der Waals surface area contributed by atoms with Gasteiger partial charge in [-0.05, 0) is 30.2 Å². The Kier molecular flexibility index (Phi) is 5.92. The fourth-order valence-electron chi connectivity index (χ4n) is 3.03. The number of rotatable bonds is 7. The summed E-state index contributed by atoms with van der Waals surface area (Å²) < 4.78 is 28.1. The van der Waals surface area contributed by atoms with Gasteiger partial charge in [-0.2, -0.15) is 4.31 Å². The standard InChI is InChI=1S/C22H22N2O3S/c1-17-12-14-20(15-13-17)28(26,27)24(16-18-8-4-2-5-9-18)21(22(23)25)19-10-6-3-7-11-19/h2-15,21H,16H2,1H3,(H2,23,25)/t21-/m1/s1. The van der Waals surface area contributed by atoms with Gasteiger partial charge in [0.05, 0.1) is 4.90 Å². The number of carbonyl (C=O) groups excluding carboxylic acids is 1. The summed E-state index contributed by atoms with van der Waals surface area (Å²) in [5, 5.41) is 0. The van der Waals surface area contributed by atoms with Gasteiger partial charge in [-0.25, -0.2) is 8.42 Å². The lowest BCUT2D eigenvalue weighted by molar-refractivity contribution is -0.122. The maximum absolute atomic E-state index is 13.5. The van der Waals surface area contributed by atoms with E-state index in [9.17, 15) is 13.2 Å². The summed E-state index contributed by atoms with van der Waals surface area (Å²) in [4.78, 5) is 12.5. The van der Waals surface area contributed by atoms with Gasteiger partial charge in [-0.3, -0.25) is 4.79 Å². The molecule has 0 aliphatic heterocycles. The van der Waals surface area contributed by atoms with E-state index in [1.54, 1.807) is 54.6 Å². The molecule has 0 saturated carbocycles. The number of nitrogens with zero attached hydrogens (tertiary/aromatic N) is 1. The van der Waals surface area contributed by atoms with Crippen LogP contribution in [-0.2, 0) is 21.4 Å². The third kappa shape index (κ3) is 4.30. The molecule has 3 aromatic carbocycles. The van der Waals surface area contributed by atoms with Crippen molar-refractivity contribution in [3.8, 4) is 0 Å². The van der Waals surface area contributed by atoms with Gasteiger partial charge in [0.25, 0.3) is 0 Å². The normalized spacial score (nSPS) is 12.6. The molecule has 0 aliphatic rings. The molecular formula is C22H22N2O3S. The van der Waals surface area contributed by atoms with E-state index < -0.39 is 22.0 Å². The van der Waals surface area contributed by atoms with Crippen LogP contribution in [0.5, 0.6) is 0 Å². The molecule has 28 heavy (non-hydrogen) atoms. The van der Waals surface area contributed by atoms with Crippen LogP contribution in [0.2, 0.25) is 0 Å². The zero-order chi connectivity index (χ0) is 20.1. The van der Waals surface area contributed by atoms with E-state index in [-0.39, 0.29) is 11.4 Å². The molecule has 2 N–H and O–H groups in total. The van der Waals surface area contributed by atoms with Crippen molar-refractivity contribution in [3.05, 3.63) is 102 Å². The Hall–Kier alpha value is -2.96. The first kappa shape index (κ1) is 19.8. The molecule has 1 amide bonds. The zero-order valence-corrected chi connectivity index (χ0v) is 16.3. The summed E-state index contributed by atoms with van der Waals surface area (Å²) in [6, 6.07) is 23.3. The quantitative estimate of drug-likeness (QED) is 0.667. The average molecular weight is 394 g/mol. The van der Waals surface area contributed by atoms with Crippen LogP contribution in [0.1, 0.15) is 22.7 Å². The Bertz CT molecular complexity index is 1030. The first-order chi connectivity index (χ1) is 13.4. The number of aryl methyl sites for hydroxylation is 1. The molecule has 0 fully saturated rings. The van der Waals surface area contributed by atoms with Crippen molar-refractivity contribution in [3.63, 3.8) is 0 Å². The van der Waals surface area contributed by atoms with Gasteiger partial charge in [0.2, 0.25) is 15.9 Å². The van der Waals surface area contributed by atoms with Crippen LogP contribution >= 0.6 is 0 Å². The maximum Gasteiger partial charge on any atom is 0.244 e. The molecule has 1 atom stereocenters. The monoisotopic (exact) mass is 394 g/mol. The molecule has 0 aromatic heterocycles. The molecule has 0 aliphatic carbocycles. The van der Waals surface area contributed by atoms with Crippen molar-refractivity contribution in [2.45, 2.75) is 24.4 Å². The molecule has 3 aromatic rings. The predicted octanol–water partition coefficient (Wildman–Crippen LogP) is 3.41. The summed E-state index contributed by atoms with van der Waals surface area (Å²) in [6.07, 6.45) is 0. The highest BCUT2D eigenvalue weighted by Gasteiger charge is 2.36. The molecule has 0 unspecified atom stereocenters. The fraction of sp³-hybridized carbons (Fsp3) is 0.136. The van der Waals surface area contributed by atoms with Crippen molar-refractivity contribution < 1.29 is 13.2 Å². The summed E-state index contributed by atoms with van der Waals surface area (Å²) in [5.74, 6) is -0.724. The molecule has 6 heteroatoms. The van der Waals surface area contributed by atoms with Crippen LogP contribution in [0.15, 0.2) is 89.8 Å². The second-order valence-corrected chi connectivity index (χ2v) is 8.46. The van der Waals surface area contributed by atoms with Crippen LogP contribution in [0.4, 0.5) is 0 Å². The molecule has 0 saturated heterocycles. The molecule has 0 spiro atoms. The van der Waals surface area contributed by atoms with E-state index in [0.29, 0.717) is 5.56 Å². The molecule has 0 heterocycles. The Morgan fingerprint density at radius 1 is 0.893 bits per heavy atom. The number of carbonyl (C=O) groups is 1. The van der Waals surface area contributed by atoms with E-state index >= 15 is 0 Å². The lowest BCUT2D eigenvalue weighted by atomic mass is 10.1. The lowest BCUT2D eigenvalue weighted by Crippen LogP contribution is -2.41. The summed E-state index contributed by atoms with van der Waals surface area (Å²) in [5.41, 5.74) is 7.92. The molecule has 144 valence electrons. The van der Waals surface area contributed by atoms with Crippen LogP contribution in [0, 0.1) is 6.92 Å². The van der Waals surface area contributed by atoms with Crippen LogP contribution in [0.3, 0.4) is 0 Å². The van der Waals surface area contributed by atoms with Gasteiger partial charge < -0.3 is 5.73 Å². The Morgan fingerprint density at radius 3 is 1.96 bits per heavy atom.